The number of benzene rings is 1. The van der Waals surface area contributed by atoms with Gasteiger partial charge in [0, 0.05) is 58.9 Å². The number of nitrogens with zero attached hydrogens (tertiary/aromatic N) is 3. The van der Waals surface area contributed by atoms with Crippen LogP contribution in [0.25, 0.3) is 0 Å². The van der Waals surface area contributed by atoms with Crippen molar-refractivity contribution in [1.82, 2.24) is 20.4 Å². The smallest absolute Gasteiger partial charge is 0.191 e. The van der Waals surface area contributed by atoms with Gasteiger partial charge in [0.25, 0.3) is 0 Å². The van der Waals surface area contributed by atoms with E-state index in [0.717, 1.165) is 71.0 Å². The normalized spacial score (nSPS) is 25.1. The zero-order valence-electron chi connectivity index (χ0n) is 18.4. The van der Waals surface area contributed by atoms with Crippen molar-refractivity contribution < 1.29 is 4.74 Å². The fourth-order valence-electron chi connectivity index (χ4n) is 4.44. The summed E-state index contributed by atoms with van der Waals surface area (Å²) in [6, 6.07) is 11.3. The van der Waals surface area contributed by atoms with E-state index in [2.05, 4.69) is 69.6 Å². The first kappa shape index (κ1) is 22.1. The maximum atomic E-state index is 5.81. The van der Waals surface area contributed by atoms with Gasteiger partial charge in [-0.1, -0.05) is 30.3 Å². The van der Waals surface area contributed by atoms with Crippen molar-refractivity contribution in [3.05, 3.63) is 35.9 Å². The Morgan fingerprint density at radius 2 is 1.76 bits per heavy atom. The molecule has 2 saturated heterocycles. The van der Waals surface area contributed by atoms with Crippen LogP contribution in [0.3, 0.4) is 0 Å². The lowest BCUT2D eigenvalue weighted by Gasteiger charge is -2.35. The number of nitrogens with one attached hydrogen (secondary N) is 2. The first-order valence-corrected chi connectivity index (χ1v) is 11.2. The molecule has 2 N–H and O–H groups in total. The third-order valence-electron chi connectivity index (χ3n) is 5.84. The minimum atomic E-state index is 0.342. The molecule has 0 bridgehead atoms. The van der Waals surface area contributed by atoms with Crippen LogP contribution in [0.4, 0.5) is 0 Å². The van der Waals surface area contributed by atoms with Gasteiger partial charge in [-0.25, -0.2) is 0 Å². The Labute approximate surface area is 176 Å². The predicted octanol–water partition coefficient (Wildman–Crippen LogP) is 2.32. The lowest BCUT2D eigenvalue weighted by molar-refractivity contribution is -0.0679. The SMILES string of the molecule is CN=C(NCCCN1CC(C)OC(C)C1)NC1CCN(Cc2ccccc2)CC1. The number of ether oxygens (including phenoxy) is 1. The maximum absolute atomic E-state index is 5.81. The lowest BCUT2D eigenvalue weighted by Crippen LogP contribution is -2.49. The van der Waals surface area contributed by atoms with Gasteiger partial charge >= 0.3 is 0 Å². The van der Waals surface area contributed by atoms with Crippen molar-refractivity contribution in [2.45, 2.75) is 57.9 Å². The average molecular weight is 402 g/mol. The molecule has 2 atom stereocenters. The van der Waals surface area contributed by atoms with E-state index >= 15 is 0 Å². The molecule has 2 unspecified atom stereocenters. The van der Waals surface area contributed by atoms with Crippen LogP contribution in [-0.2, 0) is 11.3 Å². The third kappa shape index (κ3) is 7.61. The Morgan fingerprint density at radius 1 is 1.07 bits per heavy atom. The average Bonchev–Trinajstić information content (AvgIpc) is 2.71. The summed E-state index contributed by atoms with van der Waals surface area (Å²) in [7, 11) is 1.87. The highest BCUT2D eigenvalue weighted by Gasteiger charge is 2.22. The molecular formula is C23H39N5O. The van der Waals surface area contributed by atoms with Crippen LogP contribution in [0.2, 0.25) is 0 Å². The van der Waals surface area contributed by atoms with E-state index in [4.69, 9.17) is 4.74 Å². The van der Waals surface area contributed by atoms with E-state index < -0.39 is 0 Å². The van der Waals surface area contributed by atoms with Crippen LogP contribution in [0.5, 0.6) is 0 Å². The van der Waals surface area contributed by atoms with Crippen molar-refractivity contribution >= 4 is 5.96 Å². The highest BCUT2D eigenvalue weighted by molar-refractivity contribution is 5.79. The molecule has 0 amide bonds. The lowest BCUT2D eigenvalue weighted by atomic mass is 10.0. The van der Waals surface area contributed by atoms with Crippen LogP contribution in [0.1, 0.15) is 38.7 Å². The third-order valence-corrected chi connectivity index (χ3v) is 5.84. The minimum Gasteiger partial charge on any atom is -0.373 e. The van der Waals surface area contributed by atoms with Gasteiger partial charge in [0.05, 0.1) is 12.2 Å². The van der Waals surface area contributed by atoms with Crippen LogP contribution >= 0.6 is 0 Å². The monoisotopic (exact) mass is 401 g/mol. The van der Waals surface area contributed by atoms with E-state index in [-0.39, 0.29) is 0 Å². The van der Waals surface area contributed by atoms with E-state index in [1.165, 1.54) is 5.56 Å². The Balaban J connectivity index is 1.30. The molecule has 0 radical (unpaired) electrons. The molecule has 6 nitrogen and oxygen atoms in total. The molecular weight excluding hydrogens is 362 g/mol. The summed E-state index contributed by atoms with van der Waals surface area (Å²) in [6.45, 7) is 11.8. The molecule has 6 heteroatoms. The van der Waals surface area contributed by atoms with Gasteiger partial charge in [-0.05, 0) is 38.7 Å². The van der Waals surface area contributed by atoms with Crippen LogP contribution in [0.15, 0.2) is 35.3 Å². The molecule has 0 aliphatic carbocycles. The number of likely N-dealkylation sites (tertiary alicyclic amines) is 1. The largest absolute Gasteiger partial charge is 0.373 e. The summed E-state index contributed by atoms with van der Waals surface area (Å²) in [6.07, 6.45) is 4.13. The predicted molar refractivity (Wildman–Crippen MR) is 120 cm³/mol. The zero-order chi connectivity index (χ0) is 20.5. The molecule has 2 aliphatic heterocycles. The van der Waals surface area contributed by atoms with Gasteiger partial charge in [0.1, 0.15) is 0 Å². The summed E-state index contributed by atoms with van der Waals surface area (Å²) in [5, 5.41) is 7.12. The first-order valence-electron chi connectivity index (χ1n) is 11.2. The van der Waals surface area contributed by atoms with Gasteiger partial charge in [-0.2, -0.15) is 0 Å². The molecule has 2 aliphatic rings. The van der Waals surface area contributed by atoms with Crippen LogP contribution in [0, 0.1) is 0 Å². The Hall–Kier alpha value is -1.63. The summed E-state index contributed by atoms with van der Waals surface area (Å²) in [5.41, 5.74) is 1.40. The second kappa shape index (κ2) is 11.5. The molecule has 162 valence electrons. The number of morpholine rings is 1. The Morgan fingerprint density at radius 3 is 2.41 bits per heavy atom. The number of guanidine groups is 1. The van der Waals surface area contributed by atoms with Crippen molar-refractivity contribution in [3.8, 4) is 0 Å². The summed E-state index contributed by atoms with van der Waals surface area (Å²) < 4.78 is 5.81. The topological polar surface area (TPSA) is 52.1 Å². The molecule has 0 aromatic heterocycles. The van der Waals surface area contributed by atoms with Crippen molar-refractivity contribution in [2.75, 3.05) is 46.3 Å². The molecule has 1 aromatic carbocycles. The van der Waals surface area contributed by atoms with Gasteiger partial charge in [-0.15, -0.1) is 0 Å². The van der Waals surface area contributed by atoms with Crippen molar-refractivity contribution in [2.24, 2.45) is 4.99 Å². The summed E-state index contributed by atoms with van der Waals surface area (Å²) >= 11 is 0. The number of aliphatic imine (C=N–C) groups is 1. The second-order valence-corrected chi connectivity index (χ2v) is 8.55. The number of rotatable bonds is 7. The number of piperidine rings is 1. The molecule has 29 heavy (non-hydrogen) atoms. The number of hydrogen-bond donors (Lipinski definition) is 2. The van der Waals surface area contributed by atoms with Crippen LogP contribution in [-0.4, -0.2) is 80.3 Å². The van der Waals surface area contributed by atoms with Gasteiger partial charge in [0.15, 0.2) is 5.96 Å². The molecule has 2 fully saturated rings. The first-order chi connectivity index (χ1) is 14.1. The van der Waals surface area contributed by atoms with Crippen molar-refractivity contribution in [3.63, 3.8) is 0 Å². The minimum absolute atomic E-state index is 0.342. The van der Waals surface area contributed by atoms with Gasteiger partial charge in [0.2, 0.25) is 0 Å². The highest BCUT2D eigenvalue weighted by atomic mass is 16.5. The molecule has 2 heterocycles. The van der Waals surface area contributed by atoms with E-state index in [0.29, 0.717) is 18.2 Å². The fraction of sp³-hybridized carbons (Fsp3) is 0.696. The Kier molecular flexibility index (Phi) is 8.77. The van der Waals surface area contributed by atoms with E-state index in [1.807, 2.05) is 7.05 Å². The quantitative estimate of drug-likeness (QED) is 0.417. The molecule has 0 spiro atoms. The standard InChI is InChI=1S/C23H39N5O/c1-19-16-28(17-20(2)29-19)13-7-12-25-23(24-3)26-22-10-14-27(15-11-22)18-21-8-5-4-6-9-21/h4-6,8-9,19-20,22H,7,10-18H2,1-3H3,(H2,24,25,26). The van der Waals surface area contributed by atoms with Crippen molar-refractivity contribution in [1.29, 1.82) is 0 Å². The van der Waals surface area contributed by atoms with Gasteiger partial charge in [-0.3, -0.25) is 14.8 Å². The zero-order valence-corrected chi connectivity index (χ0v) is 18.4. The Bertz CT molecular complexity index is 605. The summed E-state index contributed by atoms with van der Waals surface area (Å²) in [5.74, 6) is 0.940. The second-order valence-electron chi connectivity index (χ2n) is 8.55. The summed E-state index contributed by atoms with van der Waals surface area (Å²) in [4.78, 5) is 9.49. The molecule has 0 saturated carbocycles. The number of hydrogen-bond acceptors (Lipinski definition) is 4. The van der Waals surface area contributed by atoms with E-state index in [1.54, 1.807) is 0 Å². The molecule has 3 rings (SSSR count). The van der Waals surface area contributed by atoms with E-state index in [9.17, 15) is 0 Å². The van der Waals surface area contributed by atoms with Gasteiger partial charge < -0.3 is 15.4 Å². The highest BCUT2D eigenvalue weighted by Crippen LogP contribution is 2.14. The molecule has 1 aromatic rings. The fourth-order valence-corrected chi connectivity index (χ4v) is 4.44. The maximum Gasteiger partial charge on any atom is 0.191 e. The van der Waals surface area contributed by atoms with Crippen LogP contribution < -0.4 is 10.6 Å².